The minimum atomic E-state index is -0.482. The molecule has 1 heterocycles. The second kappa shape index (κ2) is 11.9. The number of hydrogen-bond acceptors (Lipinski definition) is 5. The Morgan fingerprint density at radius 3 is 2.33 bits per heavy atom. The lowest BCUT2D eigenvalue weighted by Crippen LogP contribution is -2.49. The number of aryl methyl sites for hydroxylation is 2. The normalized spacial score (nSPS) is 16.8. The molecule has 1 aromatic carbocycles. The van der Waals surface area contributed by atoms with E-state index in [0.717, 1.165) is 49.6 Å². The third-order valence-electron chi connectivity index (χ3n) is 4.12. The van der Waals surface area contributed by atoms with E-state index in [4.69, 9.17) is 9.84 Å². The Hall–Kier alpha value is -0.560. The maximum atomic E-state index is 10.2. The predicted molar refractivity (Wildman–Crippen MR) is 102 cm³/mol. The molecule has 1 aliphatic rings. The smallest absolute Gasteiger partial charge is 0.122 e. The first-order valence-electron chi connectivity index (χ1n) is 8.02. The van der Waals surface area contributed by atoms with E-state index in [2.05, 4.69) is 15.9 Å². The van der Waals surface area contributed by atoms with Crippen molar-refractivity contribution in [1.29, 1.82) is 0 Å². The van der Waals surface area contributed by atoms with Crippen molar-refractivity contribution < 1.29 is 14.9 Å². The molecule has 0 saturated carbocycles. The Kier molecular flexibility index (Phi) is 11.6. The summed E-state index contributed by atoms with van der Waals surface area (Å²) in [5.74, 6) is 0.854. The zero-order chi connectivity index (χ0) is 15.9. The van der Waals surface area contributed by atoms with Crippen molar-refractivity contribution in [2.24, 2.45) is 0 Å². The average molecular weight is 381 g/mol. The molecule has 5 nitrogen and oxygen atoms in total. The fourth-order valence-corrected chi connectivity index (χ4v) is 2.74. The van der Waals surface area contributed by atoms with Crippen molar-refractivity contribution in [3.63, 3.8) is 0 Å². The summed E-state index contributed by atoms with van der Waals surface area (Å²) < 4.78 is 5.76. The summed E-state index contributed by atoms with van der Waals surface area (Å²) in [6.07, 6.45) is -0.482. The zero-order valence-corrected chi connectivity index (χ0v) is 16.1. The second-order valence-electron chi connectivity index (χ2n) is 6.10. The van der Waals surface area contributed by atoms with Crippen LogP contribution in [0.1, 0.15) is 11.1 Å². The Balaban J connectivity index is 0.00000264. The molecule has 1 aliphatic heterocycles. The van der Waals surface area contributed by atoms with E-state index in [1.165, 1.54) is 0 Å². The van der Waals surface area contributed by atoms with Crippen LogP contribution < -0.4 is 4.74 Å². The van der Waals surface area contributed by atoms with Crippen molar-refractivity contribution in [2.45, 2.75) is 20.0 Å². The van der Waals surface area contributed by atoms with Crippen LogP contribution in [0.2, 0.25) is 0 Å². The Labute approximate surface area is 157 Å². The lowest BCUT2D eigenvalue weighted by atomic mass is 10.1. The van der Waals surface area contributed by atoms with E-state index < -0.39 is 6.10 Å². The monoisotopic (exact) mass is 380 g/mol. The molecular formula is C17H30Cl2N2O3. The van der Waals surface area contributed by atoms with Crippen molar-refractivity contribution in [2.75, 3.05) is 52.5 Å². The van der Waals surface area contributed by atoms with Crippen molar-refractivity contribution in [1.82, 2.24) is 9.80 Å². The van der Waals surface area contributed by atoms with E-state index >= 15 is 0 Å². The van der Waals surface area contributed by atoms with Crippen LogP contribution >= 0.6 is 24.8 Å². The van der Waals surface area contributed by atoms with Crippen LogP contribution in [0.3, 0.4) is 0 Å². The molecule has 0 amide bonds. The van der Waals surface area contributed by atoms with Gasteiger partial charge in [-0.15, -0.1) is 24.8 Å². The highest BCUT2D eigenvalue weighted by molar-refractivity contribution is 5.85. The molecule has 1 fully saturated rings. The molecule has 1 unspecified atom stereocenters. The topological polar surface area (TPSA) is 56.2 Å². The van der Waals surface area contributed by atoms with Crippen molar-refractivity contribution >= 4 is 24.8 Å². The maximum absolute atomic E-state index is 10.2. The standard InChI is InChI=1S/C17H28N2O3.2ClH/c1-14-3-4-15(2)17(11-14)22-13-16(21)12-19-7-5-18(6-8-19)9-10-20;;/h3-4,11,16,20-21H,5-10,12-13H2,1-2H3;2*1H. The first-order chi connectivity index (χ1) is 10.6. The predicted octanol–water partition coefficient (Wildman–Crippen LogP) is 1.50. The van der Waals surface area contributed by atoms with Crippen LogP contribution in [0, 0.1) is 13.8 Å². The number of aliphatic hydroxyl groups excluding tert-OH is 2. The number of piperazine rings is 1. The van der Waals surface area contributed by atoms with Gasteiger partial charge in [-0.25, -0.2) is 0 Å². The zero-order valence-electron chi connectivity index (χ0n) is 14.5. The molecule has 0 bridgehead atoms. The first kappa shape index (κ1) is 23.4. The molecule has 1 atom stereocenters. The lowest BCUT2D eigenvalue weighted by Gasteiger charge is -2.35. The number of benzene rings is 1. The van der Waals surface area contributed by atoms with Crippen LogP contribution in [0.4, 0.5) is 0 Å². The highest BCUT2D eigenvalue weighted by atomic mass is 35.5. The molecule has 2 rings (SSSR count). The molecule has 0 radical (unpaired) electrons. The van der Waals surface area contributed by atoms with Crippen molar-refractivity contribution in [3.8, 4) is 5.75 Å². The third kappa shape index (κ3) is 7.55. The number of nitrogens with zero attached hydrogens (tertiary/aromatic N) is 2. The van der Waals surface area contributed by atoms with Gasteiger partial charge in [-0.2, -0.15) is 0 Å². The molecule has 140 valence electrons. The van der Waals surface area contributed by atoms with Crippen LogP contribution in [0.5, 0.6) is 5.75 Å². The fraction of sp³-hybridized carbons (Fsp3) is 0.647. The molecule has 1 saturated heterocycles. The maximum Gasteiger partial charge on any atom is 0.122 e. The van der Waals surface area contributed by atoms with E-state index in [1.54, 1.807) is 0 Å². The molecule has 0 aliphatic carbocycles. The van der Waals surface area contributed by atoms with Crippen LogP contribution in [0.25, 0.3) is 0 Å². The van der Waals surface area contributed by atoms with Gasteiger partial charge in [0.25, 0.3) is 0 Å². The molecule has 7 heteroatoms. The van der Waals surface area contributed by atoms with Gasteiger partial charge in [-0.1, -0.05) is 12.1 Å². The van der Waals surface area contributed by atoms with Gasteiger partial charge in [-0.3, -0.25) is 9.80 Å². The van der Waals surface area contributed by atoms with Gasteiger partial charge in [-0.05, 0) is 31.0 Å². The Morgan fingerprint density at radius 2 is 1.71 bits per heavy atom. The van der Waals surface area contributed by atoms with E-state index in [0.29, 0.717) is 13.2 Å². The van der Waals surface area contributed by atoms with Crippen molar-refractivity contribution in [3.05, 3.63) is 29.3 Å². The summed E-state index contributed by atoms with van der Waals surface area (Å²) >= 11 is 0. The van der Waals surface area contributed by atoms with Crippen LogP contribution in [-0.4, -0.2) is 78.6 Å². The first-order valence-corrected chi connectivity index (χ1v) is 8.02. The van der Waals surface area contributed by atoms with Gasteiger partial charge in [0.2, 0.25) is 0 Å². The average Bonchev–Trinajstić information content (AvgIpc) is 2.50. The number of halogens is 2. The van der Waals surface area contributed by atoms with Gasteiger partial charge >= 0.3 is 0 Å². The summed E-state index contributed by atoms with van der Waals surface area (Å²) in [6.45, 7) is 9.73. The summed E-state index contributed by atoms with van der Waals surface area (Å²) in [6, 6.07) is 6.11. The second-order valence-corrected chi connectivity index (χ2v) is 6.10. The number of aliphatic hydroxyl groups is 2. The van der Waals surface area contributed by atoms with E-state index in [1.807, 2.05) is 26.0 Å². The van der Waals surface area contributed by atoms with E-state index in [9.17, 15) is 5.11 Å². The van der Waals surface area contributed by atoms with Crippen LogP contribution in [0.15, 0.2) is 18.2 Å². The quantitative estimate of drug-likeness (QED) is 0.750. The lowest BCUT2D eigenvalue weighted by molar-refractivity contribution is 0.0427. The molecular weight excluding hydrogens is 351 g/mol. The molecule has 0 spiro atoms. The van der Waals surface area contributed by atoms with Gasteiger partial charge in [0.1, 0.15) is 18.5 Å². The highest BCUT2D eigenvalue weighted by Gasteiger charge is 2.19. The van der Waals surface area contributed by atoms with Gasteiger partial charge in [0, 0.05) is 39.3 Å². The number of β-amino-alcohol motifs (C(OH)–C–C–N with tert-alkyl or cyclic N) is 2. The summed E-state index contributed by atoms with van der Waals surface area (Å²) in [7, 11) is 0. The van der Waals surface area contributed by atoms with Gasteiger partial charge in [0.05, 0.1) is 6.61 Å². The fourth-order valence-electron chi connectivity index (χ4n) is 2.74. The van der Waals surface area contributed by atoms with Crippen LogP contribution in [-0.2, 0) is 0 Å². The minimum absolute atomic E-state index is 0. The van der Waals surface area contributed by atoms with Gasteiger partial charge < -0.3 is 14.9 Å². The number of rotatable bonds is 7. The molecule has 1 aromatic rings. The molecule has 24 heavy (non-hydrogen) atoms. The van der Waals surface area contributed by atoms with Gasteiger partial charge in [0.15, 0.2) is 0 Å². The Morgan fingerprint density at radius 1 is 1.08 bits per heavy atom. The highest BCUT2D eigenvalue weighted by Crippen LogP contribution is 2.19. The summed E-state index contributed by atoms with van der Waals surface area (Å²) in [5, 5.41) is 19.1. The third-order valence-corrected chi connectivity index (χ3v) is 4.12. The minimum Gasteiger partial charge on any atom is -0.491 e. The summed E-state index contributed by atoms with van der Waals surface area (Å²) in [4.78, 5) is 4.50. The molecule has 2 N–H and O–H groups in total. The molecule has 0 aromatic heterocycles. The van der Waals surface area contributed by atoms with E-state index in [-0.39, 0.29) is 31.4 Å². The SMILES string of the molecule is Cc1ccc(C)c(OCC(O)CN2CCN(CCO)CC2)c1.Cl.Cl. The number of ether oxygens (including phenoxy) is 1. The number of hydrogen-bond donors (Lipinski definition) is 2. The largest absolute Gasteiger partial charge is 0.491 e. The summed E-state index contributed by atoms with van der Waals surface area (Å²) in [5.41, 5.74) is 2.26. The Bertz CT molecular complexity index is 469.